The van der Waals surface area contributed by atoms with Crippen LogP contribution in [-0.2, 0) is 6.54 Å². The average Bonchev–Trinajstić information content (AvgIpc) is 2.97. The van der Waals surface area contributed by atoms with E-state index in [4.69, 9.17) is 4.42 Å². The molecular formula is C16H14N2O2. The van der Waals surface area contributed by atoms with E-state index in [1.807, 2.05) is 24.3 Å². The Labute approximate surface area is 114 Å². The summed E-state index contributed by atoms with van der Waals surface area (Å²) in [5, 5.41) is 2.22. The highest BCUT2D eigenvalue weighted by molar-refractivity contribution is 6.18. The quantitative estimate of drug-likeness (QED) is 0.602. The minimum Gasteiger partial charge on any atom is -0.408 e. The molecule has 0 saturated carbocycles. The first kappa shape index (κ1) is 11.3. The van der Waals surface area contributed by atoms with Gasteiger partial charge in [0.1, 0.15) is 0 Å². The lowest BCUT2D eigenvalue weighted by atomic mass is 10.1. The number of benzene rings is 2. The fourth-order valence-corrected chi connectivity index (χ4v) is 3.02. The van der Waals surface area contributed by atoms with Crippen LogP contribution in [0.4, 0.5) is 0 Å². The van der Waals surface area contributed by atoms with Crippen LogP contribution in [0.3, 0.4) is 0 Å². The van der Waals surface area contributed by atoms with Crippen molar-refractivity contribution in [3.63, 3.8) is 0 Å². The lowest BCUT2D eigenvalue weighted by Crippen LogP contribution is -1.95. The molecule has 0 radical (unpaired) electrons. The van der Waals surface area contributed by atoms with Gasteiger partial charge in [0.2, 0.25) is 0 Å². The molecule has 1 N–H and O–H groups in total. The van der Waals surface area contributed by atoms with E-state index >= 15 is 0 Å². The van der Waals surface area contributed by atoms with E-state index in [0.717, 1.165) is 34.8 Å². The predicted molar refractivity (Wildman–Crippen MR) is 80.1 cm³/mol. The number of nitrogens with zero attached hydrogens (tertiary/aromatic N) is 1. The summed E-state index contributed by atoms with van der Waals surface area (Å²) in [7, 11) is 0. The number of aryl methyl sites for hydroxylation is 1. The second kappa shape index (κ2) is 4.00. The molecule has 0 spiro atoms. The molecule has 100 valence electrons. The molecule has 0 aliphatic heterocycles. The second-order valence-electron chi connectivity index (χ2n) is 5.02. The van der Waals surface area contributed by atoms with Crippen molar-refractivity contribution in [1.29, 1.82) is 0 Å². The Morgan fingerprint density at radius 2 is 2.00 bits per heavy atom. The van der Waals surface area contributed by atoms with Crippen molar-refractivity contribution >= 4 is 32.9 Å². The smallest absolute Gasteiger partial charge is 0.408 e. The molecule has 4 rings (SSSR count). The van der Waals surface area contributed by atoms with Gasteiger partial charge in [-0.2, -0.15) is 0 Å². The van der Waals surface area contributed by atoms with Gasteiger partial charge in [-0.15, -0.1) is 0 Å². The number of aromatic nitrogens is 2. The first-order valence-electron chi connectivity index (χ1n) is 6.82. The molecule has 20 heavy (non-hydrogen) atoms. The van der Waals surface area contributed by atoms with Gasteiger partial charge in [-0.05, 0) is 24.6 Å². The van der Waals surface area contributed by atoms with Crippen molar-refractivity contribution in [2.24, 2.45) is 0 Å². The summed E-state index contributed by atoms with van der Waals surface area (Å²) >= 11 is 0. The summed E-state index contributed by atoms with van der Waals surface area (Å²) < 4.78 is 7.47. The topological polar surface area (TPSA) is 50.9 Å². The first-order chi connectivity index (χ1) is 9.79. The molecule has 0 aliphatic carbocycles. The summed E-state index contributed by atoms with van der Waals surface area (Å²) in [6.07, 6.45) is 1.06. The molecule has 2 aromatic carbocycles. The SMILES string of the molecule is CCCn1c2ccccc2c2c3[nH]c(=O)oc3ccc21. The fourth-order valence-electron chi connectivity index (χ4n) is 3.02. The van der Waals surface area contributed by atoms with Gasteiger partial charge < -0.3 is 8.98 Å². The van der Waals surface area contributed by atoms with Gasteiger partial charge in [0.05, 0.1) is 11.0 Å². The summed E-state index contributed by atoms with van der Waals surface area (Å²) in [5.41, 5.74) is 3.73. The maximum absolute atomic E-state index is 11.5. The Morgan fingerprint density at radius 3 is 2.85 bits per heavy atom. The van der Waals surface area contributed by atoms with Gasteiger partial charge in [0.25, 0.3) is 0 Å². The summed E-state index contributed by atoms with van der Waals surface area (Å²) in [6, 6.07) is 12.2. The van der Waals surface area contributed by atoms with E-state index in [2.05, 4.69) is 28.6 Å². The molecule has 0 fully saturated rings. The van der Waals surface area contributed by atoms with Crippen LogP contribution in [0, 0.1) is 0 Å². The number of para-hydroxylation sites is 1. The van der Waals surface area contributed by atoms with Crippen molar-refractivity contribution in [1.82, 2.24) is 9.55 Å². The second-order valence-corrected chi connectivity index (χ2v) is 5.02. The molecule has 4 heteroatoms. The third-order valence-corrected chi connectivity index (χ3v) is 3.78. The zero-order chi connectivity index (χ0) is 13.7. The number of hydrogen-bond acceptors (Lipinski definition) is 2. The Kier molecular flexibility index (Phi) is 2.27. The number of nitrogens with one attached hydrogen (secondary N) is 1. The summed E-state index contributed by atoms with van der Waals surface area (Å²) in [6.45, 7) is 3.12. The van der Waals surface area contributed by atoms with Crippen LogP contribution in [0.1, 0.15) is 13.3 Å². The average molecular weight is 266 g/mol. The molecule has 0 amide bonds. The standard InChI is InChI=1S/C16H14N2O2/c1-2-9-18-11-6-4-3-5-10(11)14-12(18)7-8-13-15(14)17-16(19)20-13/h3-8H,2,9H2,1H3,(H,17,19). The fraction of sp³-hybridized carbons (Fsp3) is 0.188. The maximum Gasteiger partial charge on any atom is 0.417 e. The van der Waals surface area contributed by atoms with Gasteiger partial charge in [-0.25, -0.2) is 4.79 Å². The van der Waals surface area contributed by atoms with Crippen LogP contribution in [0.2, 0.25) is 0 Å². The third kappa shape index (κ3) is 1.39. The van der Waals surface area contributed by atoms with Gasteiger partial charge >= 0.3 is 5.76 Å². The minimum atomic E-state index is -0.403. The molecule has 0 atom stereocenters. The normalized spacial score (nSPS) is 11.8. The number of aromatic amines is 1. The Hall–Kier alpha value is -2.49. The highest BCUT2D eigenvalue weighted by Crippen LogP contribution is 2.33. The van der Waals surface area contributed by atoms with Crippen molar-refractivity contribution in [2.45, 2.75) is 19.9 Å². The van der Waals surface area contributed by atoms with E-state index in [-0.39, 0.29) is 0 Å². The molecule has 4 nitrogen and oxygen atoms in total. The van der Waals surface area contributed by atoms with Crippen LogP contribution in [0.5, 0.6) is 0 Å². The summed E-state index contributed by atoms with van der Waals surface area (Å²) in [4.78, 5) is 14.3. The predicted octanol–water partition coefficient (Wildman–Crippen LogP) is 3.64. The van der Waals surface area contributed by atoms with Gasteiger partial charge in [0.15, 0.2) is 5.58 Å². The molecule has 0 saturated heterocycles. The number of oxazole rings is 1. The molecular weight excluding hydrogens is 252 g/mol. The van der Waals surface area contributed by atoms with Crippen molar-refractivity contribution < 1.29 is 4.42 Å². The van der Waals surface area contributed by atoms with Gasteiger partial charge in [0, 0.05) is 22.8 Å². The van der Waals surface area contributed by atoms with Crippen molar-refractivity contribution in [2.75, 3.05) is 0 Å². The van der Waals surface area contributed by atoms with E-state index in [1.165, 1.54) is 5.52 Å². The highest BCUT2D eigenvalue weighted by Gasteiger charge is 2.14. The minimum absolute atomic E-state index is 0.403. The van der Waals surface area contributed by atoms with Crippen LogP contribution >= 0.6 is 0 Å². The summed E-state index contributed by atoms with van der Waals surface area (Å²) in [5.74, 6) is -0.403. The molecule has 2 aromatic heterocycles. The first-order valence-corrected chi connectivity index (χ1v) is 6.82. The van der Waals surface area contributed by atoms with Crippen LogP contribution in [0.15, 0.2) is 45.6 Å². The number of rotatable bonds is 2. The van der Waals surface area contributed by atoms with Gasteiger partial charge in [-0.3, -0.25) is 4.98 Å². The Morgan fingerprint density at radius 1 is 1.15 bits per heavy atom. The number of hydrogen-bond donors (Lipinski definition) is 1. The van der Waals surface area contributed by atoms with Crippen LogP contribution in [0.25, 0.3) is 32.9 Å². The Bertz CT molecular complexity index is 988. The highest BCUT2D eigenvalue weighted by atomic mass is 16.4. The van der Waals surface area contributed by atoms with Crippen LogP contribution in [-0.4, -0.2) is 9.55 Å². The molecule has 0 unspecified atom stereocenters. The maximum atomic E-state index is 11.5. The molecule has 2 heterocycles. The number of H-pyrrole nitrogens is 1. The lowest BCUT2D eigenvalue weighted by Gasteiger charge is -2.04. The van der Waals surface area contributed by atoms with E-state index in [0.29, 0.717) is 5.58 Å². The lowest BCUT2D eigenvalue weighted by molar-refractivity contribution is 0.555. The van der Waals surface area contributed by atoms with E-state index in [9.17, 15) is 4.79 Å². The van der Waals surface area contributed by atoms with E-state index in [1.54, 1.807) is 0 Å². The van der Waals surface area contributed by atoms with Gasteiger partial charge in [-0.1, -0.05) is 25.1 Å². The van der Waals surface area contributed by atoms with Crippen molar-refractivity contribution in [3.05, 3.63) is 46.9 Å². The zero-order valence-corrected chi connectivity index (χ0v) is 11.1. The van der Waals surface area contributed by atoms with Crippen LogP contribution < -0.4 is 5.76 Å². The number of fused-ring (bicyclic) bond motifs is 5. The molecule has 0 aliphatic rings. The van der Waals surface area contributed by atoms with Crippen molar-refractivity contribution in [3.8, 4) is 0 Å². The molecule has 4 aromatic rings. The third-order valence-electron chi connectivity index (χ3n) is 3.78. The molecule has 0 bridgehead atoms. The largest absolute Gasteiger partial charge is 0.417 e. The Balaban J connectivity index is 2.31. The van der Waals surface area contributed by atoms with E-state index < -0.39 is 5.76 Å². The zero-order valence-electron chi connectivity index (χ0n) is 11.1. The monoisotopic (exact) mass is 266 g/mol.